The van der Waals surface area contributed by atoms with Gasteiger partial charge in [0.15, 0.2) is 0 Å². The van der Waals surface area contributed by atoms with Gasteiger partial charge in [-0.05, 0) is 0 Å². The third-order valence-corrected chi connectivity index (χ3v) is 1.63. The molecule has 1 unspecified atom stereocenters. The van der Waals surface area contributed by atoms with E-state index in [0.717, 1.165) is 6.54 Å². The van der Waals surface area contributed by atoms with Crippen molar-refractivity contribution in [2.75, 3.05) is 26.2 Å². The van der Waals surface area contributed by atoms with Crippen LogP contribution in [0.1, 0.15) is 0 Å². The molecular weight excluding hydrogens is 176 g/mol. The summed E-state index contributed by atoms with van der Waals surface area (Å²) in [7, 11) is 0. The van der Waals surface area contributed by atoms with Gasteiger partial charge in [-0.2, -0.15) is 0 Å². The lowest BCUT2D eigenvalue weighted by molar-refractivity contribution is -0.141. The van der Waals surface area contributed by atoms with E-state index < -0.39 is 12.1 Å². The van der Waals surface area contributed by atoms with Crippen molar-refractivity contribution in [2.45, 2.75) is 6.10 Å². The Morgan fingerprint density at radius 3 is 2.92 bits per heavy atom. The van der Waals surface area contributed by atoms with Crippen LogP contribution in [0.3, 0.4) is 0 Å². The van der Waals surface area contributed by atoms with Gasteiger partial charge in [-0.3, -0.25) is 9.59 Å². The zero-order chi connectivity index (χ0) is 9.68. The SMILES string of the molecule is O=C(O)CNC(=O)C1CNCCO1. The van der Waals surface area contributed by atoms with Crippen molar-refractivity contribution in [1.29, 1.82) is 0 Å². The molecule has 1 heterocycles. The Bertz CT molecular complexity index is 201. The number of amides is 1. The largest absolute Gasteiger partial charge is 0.480 e. The second-order valence-electron chi connectivity index (χ2n) is 2.68. The number of carbonyl (C=O) groups is 2. The maximum Gasteiger partial charge on any atom is 0.322 e. The number of carboxylic acid groups (broad SMARTS) is 1. The Balaban J connectivity index is 2.25. The second kappa shape index (κ2) is 4.78. The number of morpholine rings is 1. The molecule has 74 valence electrons. The number of rotatable bonds is 3. The number of hydrogen-bond acceptors (Lipinski definition) is 4. The Kier molecular flexibility index (Phi) is 3.66. The summed E-state index contributed by atoms with van der Waals surface area (Å²) in [4.78, 5) is 21.3. The Labute approximate surface area is 75.3 Å². The summed E-state index contributed by atoms with van der Waals surface area (Å²) in [6.45, 7) is 1.28. The van der Waals surface area contributed by atoms with Gasteiger partial charge >= 0.3 is 5.97 Å². The van der Waals surface area contributed by atoms with E-state index in [1.165, 1.54) is 0 Å². The minimum absolute atomic E-state index is 0.362. The minimum atomic E-state index is -1.06. The average molecular weight is 188 g/mol. The first-order valence-corrected chi connectivity index (χ1v) is 4.02. The second-order valence-corrected chi connectivity index (χ2v) is 2.68. The highest BCUT2D eigenvalue weighted by atomic mass is 16.5. The van der Waals surface area contributed by atoms with E-state index in [1.54, 1.807) is 0 Å². The molecule has 1 atom stereocenters. The molecule has 1 saturated heterocycles. The molecule has 6 nitrogen and oxygen atoms in total. The zero-order valence-electron chi connectivity index (χ0n) is 7.08. The average Bonchev–Trinajstić information content (AvgIpc) is 2.15. The first kappa shape index (κ1) is 9.94. The minimum Gasteiger partial charge on any atom is -0.480 e. The van der Waals surface area contributed by atoms with Crippen LogP contribution in [0.4, 0.5) is 0 Å². The molecule has 0 aromatic rings. The van der Waals surface area contributed by atoms with Gasteiger partial charge in [0, 0.05) is 13.1 Å². The van der Waals surface area contributed by atoms with Gasteiger partial charge in [0.05, 0.1) is 6.61 Å². The van der Waals surface area contributed by atoms with E-state index in [-0.39, 0.29) is 12.5 Å². The molecule has 1 aliphatic rings. The van der Waals surface area contributed by atoms with E-state index in [2.05, 4.69) is 10.6 Å². The maximum absolute atomic E-state index is 11.2. The van der Waals surface area contributed by atoms with Crippen LogP contribution in [-0.2, 0) is 14.3 Å². The lowest BCUT2D eigenvalue weighted by Gasteiger charge is -2.22. The first-order chi connectivity index (χ1) is 6.20. The van der Waals surface area contributed by atoms with Crippen LogP contribution >= 0.6 is 0 Å². The van der Waals surface area contributed by atoms with Gasteiger partial charge in [-0.25, -0.2) is 0 Å². The van der Waals surface area contributed by atoms with Gasteiger partial charge in [0.25, 0.3) is 5.91 Å². The predicted molar refractivity (Wildman–Crippen MR) is 43.3 cm³/mol. The standard InChI is InChI=1S/C7H12N2O4/c10-6(11)4-9-7(12)5-3-8-1-2-13-5/h5,8H,1-4H2,(H,9,12)(H,10,11). The van der Waals surface area contributed by atoms with Crippen LogP contribution in [0.2, 0.25) is 0 Å². The number of aliphatic carboxylic acids is 1. The molecule has 13 heavy (non-hydrogen) atoms. The smallest absolute Gasteiger partial charge is 0.322 e. The monoisotopic (exact) mass is 188 g/mol. The van der Waals surface area contributed by atoms with Gasteiger partial charge < -0.3 is 20.5 Å². The molecule has 1 aliphatic heterocycles. The highest BCUT2D eigenvalue weighted by Crippen LogP contribution is 1.94. The first-order valence-electron chi connectivity index (χ1n) is 4.02. The van der Waals surface area contributed by atoms with Crippen LogP contribution in [0.25, 0.3) is 0 Å². The molecule has 0 saturated carbocycles. The quantitative estimate of drug-likeness (QED) is 0.485. The summed E-state index contributed by atoms with van der Waals surface area (Å²) in [6, 6.07) is 0. The summed E-state index contributed by atoms with van der Waals surface area (Å²) < 4.78 is 5.10. The molecule has 0 aliphatic carbocycles. The fraction of sp³-hybridized carbons (Fsp3) is 0.714. The number of ether oxygens (including phenoxy) is 1. The topological polar surface area (TPSA) is 87.7 Å². The molecule has 3 N–H and O–H groups in total. The normalized spacial score (nSPS) is 22.3. The fourth-order valence-electron chi connectivity index (χ4n) is 1.01. The highest BCUT2D eigenvalue weighted by molar-refractivity contribution is 5.84. The predicted octanol–water partition coefficient (Wildman–Crippen LogP) is -1.82. The van der Waals surface area contributed by atoms with E-state index in [9.17, 15) is 9.59 Å². The fourth-order valence-corrected chi connectivity index (χ4v) is 1.01. The van der Waals surface area contributed by atoms with E-state index in [1.807, 2.05) is 0 Å². The summed E-state index contributed by atoms with van der Waals surface area (Å²) in [5, 5.41) is 13.5. The number of hydrogen-bond donors (Lipinski definition) is 3. The van der Waals surface area contributed by atoms with Crippen LogP contribution in [0.15, 0.2) is 0 Å². The van der Waals surface area contributed by atoms with Gasteiger partial charge in [-0.1, -0.05) is 0 Å². The van der Waals surface area contributed by atoms with Crippen molar-refractivity contribution < 1.29 is 19.4 Å². The zero-order valence-corrected chi connectivity index (χ0v) is 7.08. The molecule has 0 bridgehead atoms. The van der Waals surface area contributed by atoms with Crippen molar-refractivity contribution in [3.05, 3.63) is 0 Å². The van der Waals surface area contributed by atoms with E-state index in [0.29, 0.717) is 13.2 Å². The molecule has 6 heteroatoms. The van der Waals surface area contributed by atoms with Crippen molar-refractivity contribution in [2.24, 2.45) is 0 Å². The number of nitrogens with one attached hydrogen (secondary N) is 2. The molecule has 0 aromatic carbocycles. The lowest BCUT2D eigenvalue weighted by Crippen LogP contribution is -2.48. The van der Waals surface area contributed by atoms with Crippen molar-refractivity contribution in [1.82, 2.24) is 10.6 Å². The summed E-state index contributed by atoms with van der Waals surface area (Å²) in [5.41, 5.74) is 0. The Hall–Kier alpha value is -1.14. The van der Waals surface area contributed by atoms with Crippen molar-refractivity contribution in [3.8, 4) is 0 Å². The Morgan fingerprint density at radius 1 is 1.62 bits per heavy atom. The summed E-state index contributed by atoms with van der Waals surface area (Å²) >= 11 is 0. The highest BCUT2D eigenvalue weighted by Gasteiger charge is 2.21. The van der Waals surface area contributed by atoms with E-state index in [4.69, 9.17) is 9.84 Å². The molecule has 0 spiro atoms. The molecule has 1 rings (SSSR count). The molecule has 1 fully saturated rings. The lowest BCUT2D eigenvalue weighted by atomic mass is 10.3. The van der Waals surface area contributed by atoms with Crippen LogP contribution in [0, 0.1) is 0 Å². The van der Waals surface area contributed by atoms with Crippen LogP contribution in [-0.4, -0.2) is 49.3 Å². The third kappa shape index (κ3) is 3.39. The number of carboxylic acids is 1. The maximum atomic E-state index is 11.2. The third-order valence-electron chi connectivity index (χ3n) is 1.63. The molecule has 0 aromatic heterocycles. The van der Waals surface area contributed by atoms with E-state index >= 15 is 0 Å². The van der Waals surface area contributed by atoms with Crippen molar-refractivity contribution in [3.63, 3.8) is 0 Å². The van der Waals surface area contributed by atoms with Gasteiger partial charge in [0.1, 0.15) is 12.6 Å². The number of carbonyl (C=O) groups excluding carboxylic acids is 1. The summed E-state index contributed by atoms with van der Waals surface area (Å²) in [5.74, 6) is -1.44. The van der Waals surface area contributed by atoms with Gasteiger partial charge in [0.2, 0.25) is 0 Å². The van der Waals surface area contributed by atoms with Crippen molar-refractivity contribution >= 4 is 11.9 Å². The molecule has 1 amide bonds. The summed E-state index contributed by atoms with van der Waals surface area (Å²) in [6.07, 6.45) is -0.562. The molecule has 0 radical (unpaired) electrons. The van der Waals surface area contributed by atoms with Gasteiger partial charge in [-0.15, -0.1) is 0 Å². The molecular formula is C7H12N2O4. The Morgan fingerprint density at radius 2 is 2.38 bits per heavy atom. The van der Waals surface area contributed by atoms with Crippen LogP contribution < -0.4 is 10.6 Å². The van der Waals surface area contributed by atoms with Crippen LogP contribution in [0.5, 0.6) is 0 Å².